The van der Waals surface area contributed by atoms with Gasteiger partial charge in [-0.05, 0) is 38.5 Å². The smallest absolute Gasteiger partial charge is 0.0898 e. The van der Waals surface area contributed by atoms with E-state index in [1.165, 1.54) is 51.4 Å². The van der Waals surface area contributed by atoms with Crippen molar-refractivity contribution in [1.82, 2.24) is 5.32 Å². The molecule has 0 heterocycles. The Hall–Kier alpha value is -0.120. The summed E-state index contributed by atoms with van der Waals surface area (Å²) < 4.78 is 5.92. The normalized spacial score (nSPS) is 32.4. The van der Waals surface area contributed by atoms with Crippen LogP contribution in [0.15, 0.2) is 0 Å². The van der Waals surface area contributed by atoms with Crippen LogP contribution in [0.2, 0.25) is 0 Å². The van der Waals surface area contributed by atoms with E-state index in [2.05, 4.69) is 19.2 Å². The largest absolute Gasteiger partial charge is 0.389 e. The molecule has 0 aromatic rings. The maximum absolute atomic E-state index is 10.1. The summed E-state index contributed by atoms with van der Waals surface area (Å²) in [5, 5.41) is 13.6. The minimum Gasteiger partial charge on any atom is -0.389 e. The van der Waals surface area contributed by atoms with Crippen LogP contribution in [-0.4, -0.2) is 36.0 Å². The predicted octanol–water partition coefficient (Wildman–Crippen LogP) is 2.86. The lowest BCUT2D eigenvalue weighted by molar-refractivity contribution is -0.0464. The van der Waals surface area contributed by atoms with Gasteiger partial charge in [-0.25, -0.2) is 0 Å². The highest BCUT2D eigenvalue weighted by Crippen LogP contribution is 2.29. The number of aliphatic hydroxyl groups excluding tert-OH is 1. The molecule has 0 saturated heterocycles. The van der Waals surface area contributed by atoms with Gasteiger partial charge in [-0.3, -0.25) is 0 Å². The van der Waals surface area contributed by atoms with Gasteiger partial charge in [0.05, 0.1) is 18.8 Å². The van der Waals surface area contributed by atoms with Crippen molar-refractivity contribution in [2.45, 2.75) is 83.0 Å². The zero-order valence-corrected chi connectivity index (χ0v) is 12.7. The average Bonchev–Trinajstić information content (AvgIpc) is 2.83. The van der Waals surface area contributed by atoms with Crippen LogP contribution in [0.1, 0.15) is 65.2 Å². The van der Waals surface area contributed by atoms with Crippen molar-refractivity contribution in [3.63, 3.8) is 0 Å². The summed E-state index contributed by atoms with van der Waals surface area (Å²) in [6.07, 6.45) is 10.2. The zero-order chi connectivity index (χ0) is 13.7. The molecule has 0 aliphatic heterocycles. The second-order valence-electron chi connectivity index (χ2n) is 6.94. The van der Waals surface area contributed by atoms with E-state index < -0.39 is 0 Å². The number of nitrogens with one attached hydrogen (secondary N) is 1. The van der Waals surface area contributed by atoms with Gasteiger partial charge in [-0.15, -0.1) is 0 Å². The lowest BCUT2D eigenvalue weighted by atomic mass is 9.88. The Kier molecular flexibility index (Phi) is 5.67. The van der Waals surface area contributed by atoms with Gasteiger partial charge in [0.15, 0.2) is 0 Å². The highest BCUT2D eigenvalue weighted by atomic mass is 16.5. The van der Waals surface area contributed by atoms with Crippen molar-refractivity contribution < 1.29 is 9.84 Å². The van der Waals surface area contributed by atoms with Crippen LogP contribution < -0.4 is 5.32 Å². The van der Waals surface area contributed by atoms with Gasteiger partial charge in [-0.2, -0.15) is 0 Å². The molecule has 0 amide bonds. The van der Waals surface area contributed by atoms with E-state index in [1.807, 2.05) is 0 Å². The van der Waals surface area contributed by atoms with Gasteiger partial charge in [0.1, 0.15) is 0 Å². The molecule has 0 bridgehead atoms. The van der Waals surface area contributed by atoms with E-state index in [0.29, 0.717) is 25.2 Å². The summed E-state index contributed by atoms with van der Waals surface area (Å²) in [4.78, 5) is 0. The molecule has 3 atom stereocenters. The van der Waals surface area contributed by atoms with Gasteiger partial charge in [0, 0.05) is 12.1 Å². The Morgan fingerprint density at radius 1 is 1.21 bits per heavy atom. The molecule has 2 fully saturated rings. The highest BCUT2D eigenvalue weighted by Gasteiger charge is 2.28. The van der Waals surface area contributed by atoms with Crippen molar-refractivity contribution in [3.8, 4) is 0 Å². The number of ether oxygens (including phenoxy) is 1. The van der Waals surface area contributed by atoms with Gasteiger partial charge in [0.2, 0.25) is 0 Å². The molecular formula is C16H31NO2. The van der Waals surface area contributed by atoms with Crippen LogP contribution in [0, 0.1) is 5.92 Å². The summed E-state index contributed by atoms with van der Waals surface area (Å²) in [7, 11) is 0. The van der Waals surface area contributed by atoms with Crippen molar-refractivity contribution in [2.24, 2.45) is 5.92 Å². The maximum atomic E-state index is 10.1. The summed E-state index contributed by atoms with van der Waals surface area (Å²) in [6, 6.07) is 0. The van der Waals surface area contributed by atoms with E-state index in [4.69, 9.17) is 4.74 Å². The first-order valence-electron chi connectivity index (χ1n) is 8.14. The maximum Gasteiger partial charge on any atom is 0.0898 e. The average molecular weight is 269 g/mol. The summed E-state index contributed by atoms with van der Waals surface area (Å²) in [5.41, 5.74) is 0.249. The van der Waals surface area contributed by atoms with Crippen LogP contribution in [0.4, 0.5) is 0 Å². The first-order valence-corrected chi connectivity index (χ1v) is 8.14. The molecule has 0 radical (unpaired) electrons. The molecule has 2 N–H and O–H groups in total. The molecule has 0 spiro atoms. The lowest BCUT2D eigenvalue weighted by Crippen LogP contribution is -2.45. The third-order valence-corrected chi connectivity index (χ3v) is 5.01. The molecule has 2 saturated carbocycles. The van der Waals surface area contributed by atoms with Crippen LogP contribution in [0.5, 0.6) is 0 Å². The Labute approximate surface area is 118 Å². The standard InChI is InChI=1S/C16H31NO2/c1-13-7-3-4-8-15(13)19-12-14(18)11-17-16(2)9-5-6-10-16/h13-15,17-18H,3-12H2,1-2H3. The van der Waals surface area contributed by atoms with Crippen molar-refractivity contribution >= 4 is 0 Å². The third-order valence-electron chi connectivity index (χ3n) is 5.01. The van der Waals surface area contributed by atoms with Crippen molar-refractivity contribution in [1.29, 1.82) is 0 Å². The van der Waals surface area contributed by atoms with Crippen molar-refractivity contribution in [2.75, 3.05) is 13.2 Å². The molecule has 0 aromatic carbocycles. The fourth-order valence-corrected chi connectivity index (χ4v) is 3.52. The summed E-state index contributed by atoms with van der Waals surface area (Å²) >= 11 is 0. The molecule has 2 aliphatic rings. The van der Waals surface area contributed by atoms with Gasteiger partial charge >= 0.3 is 0 Å². The van der Waals surface area contributed by atoms with E-state index in [9.17, 15) is 5.11 Å². The fourth-order valence-electron chi connectivity index (χ4n) is 3.52. The van der Waals surface area contributed by atoms with Crippen LogP contribution in [-0.2, 0) is 4.74 Å². The van der Waals surface area contributed by atoms with E-state index in [0.717, 1.165) is 0 Å². The van der Waals surface area contributed by atoms with Crippen molar-refractivity contribution in [3.05, 3.63) is 0 Å². The number of rotatable bonds is 6. The van der Waals surface area contributed by atoms with Crippen LogP contribution >= 0.6 is 0 Å². The molecule has 3 heteroatoms. The quantitative estimate of drug-likeness (QED) is 0.779. The first-order chi connectivity index (χ1) is 9.09. The third kappa shape index (κ3) is 4.73. The van der Waals surface area contributed by atoms with Crippen LogP contribution in [0.3, 0.4) is 0 Å². The number of hydrogen-bond acceptors (Lipinski definition) is 3. The molecule has 19 heavy (non-hydrogen) atoms. The monoisotopic (exact) mass is 269 g/mol. The molecule has 2 aliphatic carbocycles. The Morgan fingerprint density at radius 3 is 2.58 bits per heavy atom. The van der Waals surface area contributed by atoms with E-state index >= 15 is 0 Å². The molecule has 2 rings (SSSR count). The van der Waals surface area contributed by atoms with Gasteiger partial charge < -0.3 is 15.2 Å². The topological polar surface area (TPSA) is 41.5 Å². The summed E-state index contributed by atoms with van der Waals surface area (Å²) in [6.45, 7) is 5.69. The molecule has 0 aromatic heterocycles. The SMILES string of the molecule is CC1CCCCC1OCC(O)CNC1(C)CCCC1. The minimum absolute atomic E-state index is 0.249. The predicted molar refractivity (Wildman–Crippen MR) is 78.3 cm³/mol. The second-order valence-corrected chi connectivity index (χ2v) is 6.94. The number of β-amino-alcohol motifs (C(OH)–C–C–N with tert-alkyl or cyclic N) is 1. The fraction of sp³-hybridized carbons (Fsp3) is 1.00. The second kappa shape index (κ2) is 7.05. The highest BCUT2D eigenvalue weighted by molar-refractivity contribution is 4.88. The van der Waals surface area contributed by atoms with Crippen LogP contribution in [0.25, 0.3) is 0 Å². The Morgan fingerprint density at radius 2 is 1.89 bits per heavy atom. The Balaban J connectivity index is 1.62. The lowest BCUT2D eigenvalue weighted by Gasteiger charge is -2.31. The zero-order valence-electron chi connectivity index (χ0n) is 12.7. The van der Waals surface area contributed by atoms with E-state index in [1.54, 1.807) is 0 Å². The van der Waals surface area contributed by atoms with Gasteiger partial charge in [0.25, 0.3) is 0 Å². The molecule has 112 valence electrons. The molecular weight excluding hydrogens is 238 g/mol. The molecule has 3 unspecified atom stereocenters. The summed E-state index contributed by atoms with van der Waals surface area (Å²) in [5.74, 6) is 0.654. The van der Waals surface area contributed by atoms with E-state index in [-0.39, 0.29) is 11.6 Å². The number of hydrogen-bond donors (Lipinski definition) is 2. The first kappa shape index (κ1) is 15.3. The Bertz CT molecular complexity index is 263. The number of aliphatic hydroxyl groups is 1. The molecule has 3 nitrogen and oxygen atoms in total. The van der Waals surface area contributed by atoms with Gasteiger partial charge in [-0.1, -0.05) is 32.6 Å². The minimum atomic E-state index is -0.369.